The topological polar surface area (TPSA) is 65.2 Å². The molecule has 4 rings (SSSR count). The van der Waals surface area contributed by atoms with Gasteiger partial charge in [0.1, 0.15) is 0 Å². The van der Waals surface area contributed by atoms with E-state index >= 15 is 0 Å². The highest BCUT2D eigenvalue weighted by atomic mass is 16.2. The molecule has 0 bridgehead atoms. The van der Waals surface area contributed by atoms with E-state index in [2.05, 4.69) is 54.5 Å². The van der Waals surface area contributed by atoms with E-state index in [4.69, 9.17) is 0 Å². The molecule has 1 heterocycles. The number of benzene rings is 2. The fourth-order valence-electron chi connectivity index (χ4n) is 4.94. The smallest absolute Gasteiger partial charge is 0.317 e. The van der Waals surface area contributed by atoms with Crippen molar-refractivity contribution in [1.82, 2.24) is 15.2 Å². The van der Waals surface area contributed by atoms with Gasteiger partial charge in [-0.25, -0.2) is 4.79 Å². The molecule has 1 aliphatic rings. The molecule has 5 nitrogen and oxygen atoms in total. The van der Waals surface area contributed by atoms with E-state index in [0.29, 0.717) is 18.7 Å². The van der Waals surface area contributed by atoms with Crippen LogP contribution in [0.25, 0.3) is 10.9 Å². The molecule has 1 saturated carbocycles. The molecular formula is C28H35N3O2. The maximum Gasteiger partial charge on any atom is 0.317 e. The van der Waals surface area contributed by atoms with Crippen molar-refractivity contribution in [3.8, 4) is 0 Å². The van der Waals surface area contributed by atoms with Crippen LogP contribution < -0.4 is 10.9 Å². The van der Waals surface area contributed by atoms with Crippen molar-refractivity contribution < 1.29 is 4.79 Å². The molecule has 33 heavy (non-hydrogen) atoms. The molecule has 5 heteroatoms. The second-order valence-corrected chi connectivity index (χ2v) is 9.61. The SMILES string of the molecule is Cc1cccc(CCN(Cc2cc3c(C)cc(C)cc3[nH]c2=O)C(=O)NC2CCCCC2)c1. The second kappa shape index (κ2) is 10.2. The summed E-state index contributed by atoms with van der Waals surface area (Å²) < 4.78 is 0. The zero-order valence-electron chi connectivity index (χ0n) is 20.0. The Morgan fingerprint density at radius 3 is 2.58 bits per heavy atom. The van der Waals surface area contributed by atoms with E-state index in [-0.39, 0.29) is 17.6 Å². The molecule has 174 valence electrons. The summed E-state index contributed by atoms with van der Waals surface area (Å²) in [5, 5.41) is 4.27. The van der Waals surface area contributed by atoms with Crippen molar-refractivity contribution in [3.05, 3.63) is 80.6 Å². The van der Waals surface area contributed by atoms with Crippen molar-refractivity contribution >= 4 is 16.9 Å². The predicted molar refractivity (Wildman–Crippen MR) is 135 cm³/mol. The third-order valence-corrected chi connectivity index (χ3v) is 6.72. The van der Waals surface area contributed by atoms with Crippen LogP contribution in [0.4, 0.5) is 4.79 Å². The van der Waals surface area contributed by atoms with Gasteiger partial charge in [-0.1, -0.05) is 55.2 Å². The van der Waals surface area contributed by atoms with Crippen LogP contribution in [0.1, 0.15) is 59.9 Å². The van der Waals surface area contributed by atoms with Crippen LogP contribution >= 0.6 is 0 Å². The quantitative estimate of drug-likeness (QED) is 0.523. The van der Waals surface area contributed by atoms with Crippen LogP contribution in [0.2, 0.25) is 0 Å². The van der Waals surface area contributed by atoms with E-state index in [9.17, 15) is 9.59 Å². The number of rotatable bonds is 6. The monoisotopic (exact) mass is 445 g/mol. The van der Waals surface area contributed by atoms with Crippen molar-refractivity contribution in [2.45, 2.75) is 71.9 Å². The van der Waals surface area contributed by atoms with E-state index in [1.165, 1.54) is 17.5 Å². The molecule has 2 amide bonds. The first-order chi connectivity index (χ1) is 15.9. The number of H-pyrrole nitrogens is 1. The highest BCUT2D eigenvalue weighted by Crippen LogP contribution is 2.20. The van der Waals surface area contributed by atoms with Gasteiger partial charge >= 0.3 is 6.03 Å². The van der Waals surface area contributed by atoms with Gasteiger partial charge in [-0.2, -0.15) is 0 Å². The summed E-state index contributed by atoms with van der Waals surface area (Å²) >= 11 is 0. The molecule has 0 aliphatic heterocycles. The van der Waals surface area contributed by atoms with Crippen LogP contribution in [-0.2, 0) is 13.0 Å². The van der Waals surface area contributed by atoms with Gasteiger partial charge in [0, 0.05) is 29.1 Å². The predicted octanol–water partition coefficient (Wildman–Crippen LogP) is 5.54. The van der Waals surface area contributed by atoms with E-state index in [1.807, 2.05) is 19.1 Å². The molecule has 3 aromatic rings. The minimum Gasteiger partial charge on any atom is -0.335 e. The number of hydrogen-bond acceptors (Lipinski definition) is 2. The Labute approximate surface area is 196 Å². The number of nitrogens with zero attached hydrogens (tertiary/aromatic N) is 1. The average molecular weight is 446 g/mol. The molecule has 0 spiro atoms. The van der Waals surface area contributed by atoms with Crippen LogP contribution in [0.5, 0.6) is 0 Å². The van der Waals surface area contributed by atoms with E-state index < -0.39 is 0 Å². The summed E-state index contributed by atoms with van der Waals surface area (Å²) in [5.41, 5.74) is 6.00. The lowest BCUT2D eigenvalue weighted by Gasteiger charge is -2.28. The van der Waals surface area contributed by atoms with Crippen LogP contribution in [0, 0.1) is 20.8 Å². The summed E-state index contributed by atoms with van der Waals surface area (Å²) in [6.45, 7) is 7.02. The molecule has 0 atom stereocenters. The molecular weight excluding hydrogens is 410 g/mol. The van der Waals surface area contributed by atoms with Crippen LogP contribution in [0.3, 0.4) is 0 Å². The Morgan fingerprint density at radius 1 is 1.03 bits per heavy atom. The summed E-state index contributed by atoms with van der Waals surface area (Å²) in [4.78, 5) is 31.0. The van der Waals surface area contributed by atoms with Gasteiger partial charge < -0.3 is 15.2 Å². The van der Waals surface area contributed by atoms with Gasteiger partial charge in [0.05, 0.1) is 6.54 Å². The number of carbonyl (C=O) groups excluding carboxylic acids is 1. The van der Waals surface area contributed by atoms with Gasteiger partial charge in [-0.15, -0.1) is 0 Å². The van der Waals surface area contributed by atoms with E-state index in [1.54, 1.807) is 4.90 Å². The van der Waals surface area contributed by atoms with Gasteiger partial charge in [-0.05, 0) is 68.9 Å². The fourth-order valence-corrected chi connectivity index (χ4v) is 4.94. The Hall–Kier alpha value is -3.08. The van der Waals surface area contributed by atoms with Crippen LogP contribution in [-0.4, -0.2) is 28.5 Å². The number of fused-ring (bicyclic) bond motifs is 1. The first-order valence-corrected chi connectivity index (χ1v) is 12.1. The fraction of sp³-hybridized carbons (Fsp3) is 0.429. The summed E-state index contributed by atoms with van der Waals surface area (Å²) in [7, 11) is 0. The first-order valence-electron chi connectivity index (χ1n) is 12.1. The minimum absolute atomic E-state index is 0.0744. The largest absolute Gasteiger partial charge is 0.335 e. The highest BCUT2D eigenvalue weighted by molar-refractivity contribution is 5.83. The number of aromatic nitrogens is 1. The molecule has 0 unspecified atom stereocenters. The van der Waals surface area contributed by atoms with Crippen molar-refractivity contribution in [3.63, 3.8) is 0 Å². The Kier molecular flexibility index (Phi) is 7.17. The third kappa shape index (κ3) is 5.84. The summed E-state index contributed by atoms with van der Waals surface area (Å²) in [6, 6.07) is 14.6. The van der Waals surface area contributed by atoms with Crippen molar-refractivity contribution in [1.29, 1.82) is 0 Å². The molecule has 1 aromatic heterocycles. The molecule has 1 aliphatic carbocycles. The number of aromatic amines is 1. The van der Waals surface area contributed by atoms with Crippen molar-refractivity contribution in [2.75, 3.05) is 6.54 Å². The minimum atomic E-state index is -0.126. The molecule has 0 radical (unpaired) electrons. The maximum absolute atomic E-state index is 13.3. The maximum atomic E-state index is 13.3. The lowest BCUT2D eigenvalue weighted by Crippen LogP contribution is -2.46. The first kappa shape index (κ1) is 23.1. The van der Waals surface area contributed by atoms with E-state index in [0.717, 1.165) is 54.1 Å². The Morgan fingerprint density at radius 2 is 1.82 bits per heavy atom. The third-order valence-electron chi connectivity index (χ3n) is 6.72. The van der Waals surface area contributed by atoms with Gasteiger partial charge in [0.25, 0.3) is 5.56 Å². The molecule has 2 aromatic carbocycles. The van der Waals surface area contributed by atoms with Gasteiger partial charge in [-0.3, -0.25) is 4.79 Å². The lowest BCUT2D eigenvalue weighted by molar-refractivity contribution is 0.187. The van der Waals surface area contributed by atoms with Gasteiger partial charge in [0.2, 0.25) is 0 Å². The number of nitrogens with one attached hydrogen (secondary N) is 2. The zero-order valence-corrected chi connectivity index (χ0v) is 20.0. The second-order valence-electron chi connectivity index (χ2n) is 9.61. The lowest BCUT2D eigenvalue weighted by atomic mass is 9.96. The number of amides is 2. The summed E-state index contributed by atoms with van der Waals surface area (Å²) in [5.74, 6) is 0. The number of urea groups is 1. The molecule has 1 fully saturated rings. The Bertz CT molecular complexity index is 1190. The Balaban J connectivity index is 1.58. The van der Waals surface area contributed by atoms with Crippen molar-refractivity contribution in [2.24, 2.45) is 0 Å². The number of aryl methyl sites for hydroxylation is 3. The standard InChI is InChI=1S/C28H35N3O2/c1-19-8-7-9-22(15-19)12-13-31(28(33)29-24-10-5-4-6-11-24)18-23-17-25-21(3)14-20(2)16-26(25)30-27(23)32/h7-9,14-17,24H,4-6,10-13,18H2,1-3H3,(H,29,33)(H,30,32). The average Bonchev–Trinajstić information content (AvgIpc) is 2.77. The van der Waals surface area contributed by atoms with Crippen LogP contribution in [0.15, 0.2) is 47.3 Å². The highest BCUT2D eigenvalue weighted by Gasteiger charge is 2.21. The number of pyridine rings is 1. The molecule has 0 saturated heterocycles. The number of hydrogen-bond donors (Lipinski definition) is 2. The summed E-state index contributed by atoms with van der Waals surface area (Å²) in [6.07, 6.45) is 6.39. The zero-order chi connectivity index (χ0) is 23.4. The number of carbonyl (C=O) groups is 1. The molecule has 2 N–H and O–H groups in total. The van der Waals surface area contributed by atoms with Gasteiger partial charge in [0.15, 0.2) is 0 Å². The normalized spacial score (nSPS) is 14.4.